The van der Waals surface area contributed by atoms with Crippen LogP contribution < -0.4 is 0 Å². The lowest BCUT2D eigenvalue weighted by Crippen LogP contribution is -2.12. The molecular weight excluding hydrogens is 311 g/mol. The third kappa shape index (κ3) is 3.09. The second-order valence-corrected chi connectivity index (χ2v) is 7.06. The van der Waals surface area contributed by atoms with Gasteiger partial charge in [0.15, 0.2) is 0 Å². The van der Waals surface area contributed by atoms with Crippen LogP contribution in [0.5, 0.6) is 0 Å². The van der Waals surface area contributed by atoms with E-state index in [-0.39, 0.29) is 5.82 Å². The summed E-state index contributed by atoms with van der Waals surface area (Å²) >= 11 is 0. The number of fused-ring (bicyclic) bond motifs is 2. The number of rotatable bonds is 1. The van der Waals surface area contributed by atoms with Gasteiger partial charge in [-0.05, 0) is 85.9 Å². The van der Waals surface area contributed by atoms with Gasteiger partial charge in [0.1, 0.15) is 11.9 Å². The smallest absolute Gasteiger partial charge is 0.123 e. The van der Waals surface area contributed by atoms with Crippen molar-refractivity contribution in [3.8, 4) is 6.07 Å². The lowest BCUT2D eigenvalue weighted by molar-refractivity contribution is 0.525. The molecule has 126 valence electrons. The first-order valence-electron chi connectivity index (χ1n) is 9.11. The van der Waals surface area contributed by atoms with E-state index in [1.165, 1.54) is 16.7 Å². The molecule has 25 heavy (non-hydrogen) atoms. The first-order chi connectivity index (χ1) is 12.3. The van der Waals surface area contributed by atoms with Crippen LogP contribution in [0.3, 0.4) is 0 Å². The predicted octanol–water partition coefficient (Wildman–Crippen LogP) is 5.54. The van der Waals surface area contributed by atoms with E-state index in [1.54, 1.807) is 18.3 Å². The van der Waals surface area contributed by atoms with Gasteiger partial charge >= 0.3 is 0 Å². The van der Waals surface area contributed by atoms with Crippen molar-refractivity contribution in [3.05, 3.63) is 70.3 Å². The average Bonchev–Trinajstić information content (AvgIpc) is 2.62. The van der Waals surface area contributed by atoms with E-state index in [9.17, 15) is 9.65 Å². The fraction of sp³-hybridized carbons (Fsp3) is 0.364. The van der Waals surface area contributed by atoms with Crippen LogP contribution in [0.1, 0.15) is 66.8 Å². The van der Waals surface area contributed by atoms with Crippen molar-refractivity contribution in [2.24, 2.45) is 0 Å². The SMILES string of the molecule is N#Cc1cccnc1C1CCCC2=C(CCc3ccc(F)cc32)CC1. The summed E-state index contributed by atoms with van der Waals surface area (Å²) in [6.07, 6.45) is 9.01. The first kappa shape index (κ1) is 16.0. The Bertz CT molecular complexity index is 876. The summed E-state index contributed by atoms with van der Waals surface area (Å²) in [6, 6.07) is 11.2. The van der Waals surface area contributed by atoms with Crippen LogP contribution in [0.25, 0.3) is 5.57 Å². The fourth-order valence-corrected chi connectivity index (χ4v) is 4.39. The second-order valence-electron chi connectivity index (χ2n) is 7.06. The zero-order valence-corrected chi connectivity index (χ0v) is 14.3. The Morgan fingerprint density at radius 1 is 1.08 bits per heavy atom. The van der Waals surface area contributed by atoms with Crippen LogP contribution in [-0.2, 0) is 6.42 Å². The van der Waals surface area contributed by atoms with E-state index in [2.05, 4.69) is 11.1 Å². The van der Waals surface area contributed by atoms with Crippen molar-refractivity contribution in [3.63, 3.8) is 0 Å². The molecule has 0 amide bonds. The number of hydrogen-bond acceptors (Lipinski definition) is 2. The Morgan fingerprint density at radius 3 is 2.88 bits per heavy atom. The molecule has 2 aromatic rings. The standard InChI is InChI=1S/C22H21FN2/c23-19-11-10-16-7-6-15-8-9-17(3-1-5-20(15)21(16)13-19)22-18(14-24)4-2-12-25-22/h2,4,10-13,17H,1,3,5-9H2. The molecule has 2 aliphatic carbocycles. The van der Waals surface area contributed by atoms with Gasteiger partial charge in [-0.25, -0.2) is 4.39 Å². The Kier molecular flexibility index (Phi) is 4.36. The average molecular weight is 332 g/mol. The van der Waals surface area contributed by atoms with E-state index in [0.29, 0.717) is 11.5 Å². The number of benzene rings is 1. The highest BCUT2D eigenvalue weighted by molar-refractivity contribution is 5.73. The van der Waals surface area contributed by atoms with Crippen molar-refractivity contribution < 1.29 is 4.39 Å². The molecule has 3 heteroatoms. The number of pyridine rings is 1. The lowest BCUT2D eigenvalue weighted by atomic mass is 9.77. The molecule has 1 atom stereocenters. The molecular formula is C22H21FN2. The monoisotopic (exact) mass is 332 g/mol. The predicted molar refractivity (Wildman–Crippen MR) is 96.4 cm³/mol. The number of nitriles is 1. The number of nitrogens with zero attached hydrogens (tertiary/aromatic N) is 2. The number of aromatic nitrogens is 1. The summed E-state index contributed by atoms with van der Waals surface area (Å²) in [6.45, 7) is 0. The van der Waals surface area contributed by atoms with Gasteiger partial charge in [0.2, 0.25) is 0 Å². The third-order valence-electron chi connectivity index (χ3n) is 5.64. The lowest BCUT2D eigenvalue weighted by Gasteiger charge is -2.28. The Hall–Kier alpha value is -2.47. The number of allylic oxidation sites excluding steroid dienone is 2. The molecule has 2 nitrogen and oxygen atoms in total. The number of aryl methyl sites for hydroxylation is 1. The third-order valence-corrected chi connectivity index (χ3v) is 5.64. The maximum Gasteiger partial charge on any atom is 0.123 e. The normalized spacial score (nSPS) is 20.1. The van der Waals surface area contributed by atoms with Gasteiger partial charge in [0.05, 0.1) is 11.3 Å². The van der Waals surface area contributed by atoms with Gasteiger partial charge in [0.25, 0.3) is 0 Å². The molecule has 1 unspecified atom stereocenters. The van der Waals surface area contributed by atoms with E-state index in [4.69, 9.17) is 0 Å². The zero-order valence-electron chi connectivity index (χ0n) is 14.3. The van der Waals surface area contributed by atoms with Crippen LogP contribution >= 0.6 is 0 Å². The van der Waals surface area contributed by atoms with E-state index in [1.807, 2.05) is 18.2 Å². The van der Waals surface area contributed by atoms with Crippen LogP contribution in [0.15, 0.2) is 42.1 Å². The molecule has 4 rings (SSSR count). The van der Waals surface area contributed by atoms with Crippen molar-refractivity contribution in [2.75, 3.05) is 0 Å². The van der Waals surface area contributed by atoms with Gasteiger partial charge in [-0.3, -0.25) is 4.98 Å². The van der Waals surface area contributed by atoms with Crippen molar-refractivity contribution >= 4 is 5.57 Å². The summed E-state index contributed by atoms with van der Waals surface area (Å²) in [5.41, 5.74) is 6.94. The summed E-state index contributed by atoms with van der Waals surface area (Å²) < 4.78 is 13.7. The molecule has 2 aliphatic rings. The topological polar surface area (TPSA) is 36.7 Å². The van der Waals surface area contributed by atoms with Crippen molar-refractivity contribution in [1.29, 1.82) is 5.26 Å². The Balaban J connectivity index is 1.63. The van der Waals surface area contributed by atoms with Crippen LogP contribution in [0.2, 0.25) is 0 Å². The second kappa shape index (κ2) is 6.80. The van der Waals surface area contributed by atoms with Gasteiger partial charge in [-0.15, -0.1) is 0 Å². The van der Waals surface area contributed by atoms with Crippen molar-refractivity contribution in [2.45, 2.75) is 50.9 Å². The van der Waals surface area contributed by atoms with Gasteiger partial charge in [0, 0.05) is 12.1 Å². The molecule has 0 saturated heterocycles. The highest BCUT2D eigenvalue weighted by atomic mass is 19.1. The molecule has 0 radical (unpaired) electrons. The molecule has 0 saturated carbocycles. The minimum atomic E-state index is -0.139. The molecule has 1 aromatic carbocycles. The number of halogens is 1. The van der Waals surface area contributed by atoms with E-state index < -0.39 is 0 Å². The largest absolute Gasteiger partial charge is 0.260 e. The highest BCUT2D eigenvalue weighted by Crippen LogP contribution is 2.41. The molecule has 0 bridgehead atoms. The van der Waals surface area contributed by atoms with Gasteiger partial charge in [-0.1, -0.05) is 11.6 Å². The molecule has 0 fully saturated rings. The maximum atomic E-state index is 13.7. The minimum Gasteiger partial charge on any atom is -0.260 e. The molecule has 0 spiro atoms. The van der Waals surface area contributed by atoms with Gasteiger partial charge in [-0.2, -0.15) is 5.26 Å². The molecule has 0 aliphatic heterocycles. The fourth-order valence-electron chi connectivity index (χ4n) is 4.39. The molecule has 0 N–H and O–H groups in total. The first-order valence-corrected chi connectivity index (χ1v) is 9.11. The Labute approximate surface area is 148 Å². The number of hydrogen-bond donors (Lipinski definition) is 0. The molecule has 1 aromatic heterocycles. The summed E-state index contributed by atoms with van der Waals surface area (Å²) in [4.78, 5) is 4.51. The quantitative estimate of drug-likeness (QED) is 0.687. The van der Waals surface area contributed by atoms with Gasteiger partial charge < -0.3 is 0 Å². The summed E-state index contributed by atoms with van der Waals surface area (Å²) in [7, 11) is 0. The maximum absolute atomic E-state index is 13.7. The molecule has 1 heterocycles. The van der Waals surface area contributed by atoms with Crippen LogP contribution in [-0.4, -0.2) is 4.98 Å². The highest BCUT2D eigenvalue weighted by Gasteiger charge is 2.25. The summed E-state index contributed by atoms with van der Waals surface area (Å²) in [5, 5.41) is 9.36. The van der Waals surface area contributed by atoms with E-state index >= 15 is 0 Å². The summed E-state index contributed by atoms with van der Waals surface area (Å²) in [5.74, 6) is 0.207. The van der Waals surface area contributed by atoms with E-state index in [0.717, 1.165) is 56.2 Å². The van der Waals surface area contributed by atoms with Crippen molar-refractivity contribution in [1.82, 2.24) is 4.98 Å². The van der Waals surface area contributed by atoms with Crippen LogP contribution in [0.4, 0.5) is 4.39 Å². The Morgan fingerprint density at radius 2 is 2.00 bits per heavy atom. The van der Waals surface area contributed by atoms with Crippen LogP contribution in [0, 0.1) is 17.1 Å². The zero-order chi connectivity index (χ0) is 17.2. The minimum absolute atomic E-state index is 0.139.